The van der Waals surface area contributed by atoms with Gasteiger partial charge in [0.15, 0.2) is 0 Å². The van der Waals surface area contributed by atoms with Crippen molar-refractivity contribution in [2.45, 2.75) is 51.9 Å². The molecule has 7 nitrogen and oxygen atoms in total. The van der Waals surface area contributed by atoms with Gasteiger partial charge in [0.05, 0.1) is 5.92 Å². The molecule has 0 spiro atoms. The number of hydrogen-bond donors (Lipinski definition) is 1. The van der Waals surface area contributed by atoms with Crippen LogP contribution in [0.3, 0.4) is 0 Å². The molecule has 0 bridgehead atoms. The molecule has 0 fully saturated rings. The van der Waals surface area contributed by atoms with E-state index in [1.165, 1.54) is 6.92 Å². The Kier molecular flexibility index (Phi) is 10.5. The lowest BCUT2D eigenvalue weighted by Gasteiger charge is -2.18. The first kappa shape index (κ1) is 25.2. The van der Waals surface area contributed by atoms with Crippen LogP contribution in [0.5, 0.6) is 0 Å². The van der Waals surface area contributed by atoms with Crippen molar-refractivity contribution in [1.29, 1.82) is 0 Å². The summed E-state index contributed by atoms with van der Waals surface area (Å²) in [5.74, 6) is -1.44. The van der Waals surface area contributed by atoms with Crippen molar-refractivity contribution in [2.75, 3.05) is 6.54 Å². The van der Waals surface area contributed by atoms with E-state index < -0.39 is 30.2 Å². The van der Waals surface area contributed by atoms with Crippen molar-refractivity contribution < 1.29 is 28.6 Å². The van der Waals surface area contributed by atoms with Gasteiger partial charge >= 0.3 is 18.0 Å². The zero-order valence-electron chi connectivity index (χ0n) is 18.2. The molecule has 172 valence electrons. The standard InChI is InChI=1S/C24H28ClNO6/c1-3-7-22(27)31-17(2)32-24(29)26-15-14-21(19-10-12-20(25)13-11-19)23(28)30-16-18-8-5-4-6-9-18/h4-6,8-13,17,21H,3,7,14-16H2,1-2H3,(H,26,29). The van der Waals surface area contributed by atoms with Gasteiger partial charge in [0.2, 0.25) is 6.29 Å². The number of amides is 1. The van der Waals surface area contributed by atoms with Crippen molar-refractivity contribution in [2.24, 2.45) is 0 Å². The van der Waals surface area contributed by atoms with Crippen LogP contribution < -0.4 is 5.32 Å². The normalized spacial score (nSPS) is 12.3. The monoisotopic (exact) mass is 461 g/mol. The van der Waals surface area contributed by atoms with Gasteiger partial charge in [-0.05, 0) is 36.1 Å². The third-order valence-electron chi connectivity index (χ3n) is 4.51. The summed E-state index contributed by atoms with van der Waals surface area (Å²) in [6, 6.07) is 16.3. The number of alkyl carbamates (subject to hydrolysis) is 1. The Balaban J connectivity index is 1.90. The molecule has 0 saturated heterocycles. The van der Waals surface area contributed by atoms with E-state index in [4.69, 9.17) is 25.8 Å². The molecule has 0 aliphatic heterocycles. The number of halogens is 1. The minimum absolute atomic E-state index is 0.153. The van der Waals surface area contributed by atoms with Gasteiger partial charge in [0.25, 0.3) is 0 Å². The molecule has 1 amide bonds. The van der Waals surface area contributed by atoms with Gasteiger partial charge < -0.3 is 19.5 Å². The first-order valence-electron chi connectivity index (χ1n) is 10.5. The Labute approximate surface area is 193 Å². The Hall–Kier alpha value is -3.06. The first-order chi connectivity index (χ1) is 15.4. The van der Waals surface area contributed by atoms with E-state index in [2.05, 4.69) is 5.32 Å². The predicted octanol–water partition coefficient (Wildman–Crippen LogP) is 4.97. The van der Waals surface area contributed by atoms with Crippen LogP contribution in [0.15, 0.2) is 54.6 Å². The van der Waals surface area contributed by atoms with Crippen molar-refractivity contribution in [3.63, 3.8) is 0 Å². The molecule has 2 aromatic carbocycles. The van der Waals surface area contributed by atoms with Gasteiger partial charge in [-0.1, -0.05) is 61.0 Å². The summed E-state index contributed by atoms with van der Waals surface area (Å²) in [6.45, 7) is 3.62. The highest BCUT2D eigenvalue weighted by molar-refractivity contribution is 6.30. The fourth-order valence-electron chi connectivity index (χ4n) is 2.93. The summed E-state index contributed by atoms with van der Waals surface area (Å²) in [6.07, 6.45) is -0.562. The van der Waals surface area contributed by atoms with Crippen LogP contribution in [0.2, 0.25) is 5.02 Å². The van der Waals surface area contributed by atoms with Gasteiger partial charge in [-0.15, -0.1) is 0 Å². The molecule has 1 N–H and O–H groups in total. The molecule has 8 heteroatoms. The maximum absolute atomic E-state index is 12.8. The molecular weight excluding hydrogens is 434 g/mol. The Morgan fingerprint density at radius 2 is 1.69 bits per heavy atom. The molecule has 0 radical (unpaired) electrons. The zero-order valence-corrected chi connectivity index (χ0v) is 19.0. The molecule has 2 rings (SSSR count). The molecule has 32 heavy (non-hydrogen) atoms. The summed E-state index contributed by atoms with van der Waals surface area (Å²) < 4.78 is 15.5. The summed E-state index contributed by atoms with van der Waals surface area (Å²) in [4.78, 5) is 36.2. The molecule has 0 aliphatic carbocycles. The summed E-state index contributed by atoms with van der Waals surface area (Å²) in [5.41, 5.74) is 1.61. The maximum atomic E-state index is 12.8. The van der Waals surface area contributed by atoms with Gasteiger partial charge in [-0.3, -0.25) is 9.59 Å². The number of carbonyl (C=O) groups excluding carboxylic acids is 3. The molecule has 2 unspecified atom stereocenters. The van der Waals surface area contributed by atoms with Crippen molar-refractivity contribution in [3.8, 4) is 0 Å². The van der Waals surface area contributed by atoms with E-state index in [0.717, 1.165) is 11.1 Å². The van der Waals surface area contributed by atoms with E-state index in [-0.39, 0.29) is 26.0 Å². The van der Waals surface area contributed by atoms with E-state index in [1.54, 1.807) is 24.3 Å². The number of esters is 2. The highest BCUT2D eigenvalue weighted by atomic mass is 35.5. The molecule has 2 atom stereocenters. The molecule has 0 heterocycles. The lowest BCUT2D eigenvalue weighted by atomic mass is 9.96. The van der Waals surface area contributed by atoms with Gasteiger partial charge in [0, 0.05) is 24.9 Å². The number of benzene rings is 2. The second kappa shape index (κ2) is 13.4. The van der Waals surface area contributed by atoms with Crippen molar-refractivity contribution in [1.82, 2.24) is 5.32 Å². The lowest BCUT2D eigenvalue weighted by molar-refractivity contribution is -0.164. The average Bonchev–Trinajstić information content (AvgIpc) is 2.76. The average molecular weight is 462 g/mol. The minimum Gasteiger partial charge on any atom is -0.460 e. The van der Waals surface area contributed by atoms with E-state index in [1.807, 2.05) is 37.3 Å². The molecule has 2 aromatic rings. The number of hydrogen-bond acceptors (Lipinski definition) is 6. The SMILES string of the molecule is CCCC(=O)OC(C)OC(=O)NCCC(C(=O)OCc1ccccc1)c1ccc(Cl)cc1. The van der Waals surface area contributed by atoms with E-state index >= 15 is 0 Å². The molecule has 0 aromatic heterocycles. The highest BCUT2D eigenvalue weighted by Gasteiger charge is 2.23. The molecular formula is C24H28ClNO6. The fourth-order valence-corrected chi connectivity index (χ4v) is 3.05. The van der Waals surface area contributed by atoms with Crippen LogP contribution in [0.4, 0.5) is 4.79 Å². The summed E-state index contributed by atoms with van der Waals surface area (Å²) in [5, 5.41) is 3.13. The Bertz CT molecular complexity index is 872. The van der Waals surface area contributed by atoms with Crippen LogP contribution in [-0.2, 0) is 30.4 Å². The van der Waals surface area contributed by atoms with Crippen molar-refractivity contribution in [3.05, 3.63) is 70.7 Å². The lowest BCUT2D eigenvalue weighted by Crippen LogP contribution is -2.32. The van der Waals surface area contributed by atoms with Crippen LogP contribution >= 0.6 is 11.6 Å². The van der Waals surface area contributed by atoms with Crippen LogP contribution in [0.1, 0.15) is 50.2 Å². The van der Waals surface area contributed by atoms with Gasteiger partial charge in [-0.2, -0.15) is 0 Å². The van der Waals surface area contributed by atoms with Gasteiger partial charge in [-0.25, -0.2) is 4.79 Å². The smallest absolute Gasteiger partial charge is 0.410 e. The minimum atomic E-state index is -1.00. The second-order valence-corrected chi connectivity index (χ2v) is 7.56. The van der Waals surface area contributed by atoms with Crippen molar-refractivity contribution >= 4 is 29.6 Å². The second-order valence-electron chi connectivity index (χ2n) is 7.13. The Morgan fingerprint density at radius 1 is 1.00 bits per heavy atom. The number of ether oxygens (including phenoxy) is 3. The van der Waals surface area contributed by atoms with Crippen LogP contribution in [-0.4, -0.2) is 30.9 Å². The summed E-state index contributed by atoms with van der Waals surface area (Å²) in [7, 11) is 0. The molecule has 0 aliphatic rings. The van der Waals surface area contributed by atoms with E-state index in [0.29, 0.717) is 11.4 Å². The number of rotatable bonds is 11. The van der Waals surface area contributed by atoms with E-state index in [9.17, 15) is 14.4 Å². The maximum Gasteiger partial charge on any atom is 0.410 e. The largest absolute Gasteiger partial charge is 0.460 e. The zero-order chi connectivity index (χ0) is 23.3. The van der Waals surface area contributed by atoms with Crippen LogP contribution in [0, 0.1) is 0 Å². The highest BCUT2D eigenvalue weighted by Crippen LogP contribution is 2.23. The molecule has 0 saturated carbocycles. The summed E-state index contributed by atoms with van der Waals surface area (Å²) >= 11 is 5.96. The number of nitrogens with one attached hydrogen (secondary N) is 1. The Morgan fingerprint density at radius 3 is 2.34 bits per heavy atom. The van der Waals surface area contributed by atoms with Gasteiger partial charge in [0.1, 0.15) is 6.61 Å². The third-order valence-corrected chi connectivity index (χ3v) is 4.76. The number of carbonyl (C=O) groups is 3. The third kappa shape index (κ3) is 8.98. The van der Waals surface area contributed by atoms with Crippen LogP contribution in [0.25, 0.3) is 0 Å². The topological polar surface area (TPSA) is 90.9 Å². The quantitative estimate of drug-likeness (QED) is 0.375. The first-order valence-corrected chi connectivity index (χ1v) is 10.9. The predicted molar refractivity (Wildman–Crippen MR) is 120 cm³/mol. The fraction of sp³-hybridized carbons (Fsp3) is 0.375.